The SMILES string of the molecule is CCCCC/C=C/C/C=C/C/C=C/C/C=C/CCCC(=O)NCC(O)CC(=O)O. The Bertz CT molecular complexity index is 535. The van der Waals surface area contributed by atoms with Gasteiger partial charge in [0.15, 0.2) is 0 Å². The first-order valence-electron chi connectivity index (χ1n) is 10.8. The summed E-state index contributed by atoms with van der Waals surface area (Å²) in [7, 11) is 0. The molecule has 0 bridgehead atoms. The fourth-order valence-electron chi connectivity index (χ4n) is 2.54. The molecule has 0 spiro atoms. The Kier molecular flexibility index (Phi) is 19.1. The highest BCUT2D eigenvalue weighted by molar-refractivity contribution is 5.76. The minimum absolute atomic E-state index is 0.0184. The molecule has 0 fully saturated rings. The van der Waals surface area contributed by atoms with E-state index >= 15 is 0 Å². The molecule has 0 aliphatic carbocycles. The van der Waals surface area contributed by atoms with Gasteiger partial charge in [-0.2, -0.15) is 0 Å². The molecule has 1 atom stereocenters. The molecule has 5 nitrogen and oxygen atoms in total. The van der Waals surface area contributed by atoms with Crippen LogP contribution in [0.1, 0.15) is 77.6 Å². The number of carboxylic acid groups (broad SMARTS) is 1. The average Bonchev–Trinajstić information content (AvgIpc) is 2.68. The number of carbonyl (C=O) groups is 2. The van der Waals surface area contributed by atoms with Crippen LogP contribution in [0.15, 0.2) is 48.6 Å². The third-order valence-electron chi connectivity index (χ3n) is 4.18. The van der Waals surface area contributed by atoms with Crippen molar-refractivity contribution in [2.45, 2.75) is 83.7 Å². The van der Waals surface area contributed by atoms with E-state index in [1.807, 2.05) is 0 Å². The normalized spacial score (nSPS) is 13.2. The fourth-order valence-corrected chi connectivity index (χ4v) is 2.54. The van der Waals surface area contributed by atoms with Crippen LogP contribution in [0, 0.1) is 0 Å². The zero-order valence-corrected chi connectivity index (χ0v) is 17.9. The Morgan fingerprint density at radius 1 is 0.828 bits per heavy atom. The fraction of sp³-hybridized carbons (Fsp3) is 0.583. The van der Waals surface area contributed by atoms with Gasteiger partial charge in [-0.1, -0.05) is 68.4 Å². The number of hydrogen-bond acceptors (Lipinski definition) is 3. The van der Waals surface area contributed by atoms with Gasteiger partial charge in [0.2, 0.25) is 5.91 Å². The number of unbranched alkanes of at least 4 members (excludes halogenated alkanes) is 4. The van der Waals surface area contributed by atoms with Crippen molar-refractivity contribution in [1.29, 1.82) is 0 Å². The van der Waals surface area contributed by atoms with Gasteiger partial charge in [-0.25, -0.2) is 0 Å². The molecule has 0 heterocycles. The number of aliphatic carboxylic acids is 1. The molecule has 0 saturated carbocycles. The molecule has 0 rings (SSSR count). The second kappa shape index (κ2) is 20.6. The van der Waals surface area contributed by atoms with Crippen molar-refractivity contribution in [3.63, 3.8) is 0 Å². The van der Waals surface area contributed by atoms with Crippen molar-refractivity contribution in [3.05, 3.63) is 48.6 Å². The molecule has 164 valence electrons. The summed E-state index contributed by atoms with van der Waals surface area (Å²) in [6.07, 6.45) is 25.8. The van der Waals surface area contributed by atoms with Crippen LogP contribution in [-0.2, 0) is 9.59 Å². The van der Waals surface area contributed by atoms with E-state index in [1.54, 1.807) is 0 Å². The topological polar surface area (TPSA) is 86.6 Å². The van der Waals surface area contributed by atoms with E-state index in [0.717, 1.165) is 32.1 Å². The molecule has 0 saturated heterocycles. The summed E-state index contributed by atoms with van der Waals surface area (Å²) in [5.74, 6) is -1.24. The maximum Gasteiger partial charge on any atom is 0.306 e. The van der Waals surface area contributed by atoms with E-state index < -0.39 is 12.1 Å². The van der Waals surface area contributed by atoms with Crippen LogP contribution in [0.5, 0.6) is 0 Å². The Balaban J connectivity index is 3.55. The first kappa shape index (κ1) is 26.9. The van der Waals surface area contributed by atoms with Crippen molar-refractivity contribution in [2.75, 3.05) is 6.54 Å². The summed E-state index contributed by atoms with van der Waals surface area (Å²) >= 11 is 0. The van der Waals surface area contributed by atoms with E-state index in [2.05, 4.69) is 60.8 Å². The molecule has 0 aromatic heterocycles. The predicted molar refractivity (Wildman–Crippen MR) is 120 cm³/mol. The minimum Gasteiger partial charge on any atom is -0.481 e. The third kappa shape index (κ3) is 22.0. The number of nitrogens with one attached hydrogen (secondary N) is 1. The van der Waals surface area contributed by atoms with Gasteiger partial charge in [0.05, 0.1) is 12.5 Å². The van der Waals surface area contributed by atoms with Crippen molar-refractivity contribution in [2.24, 2.45) is 0 Å². The van der Waals surface area contributed by atoms with Crippen molar-refractivity contribution >= 4 is 11.9 Å². The highest BCUT2D eigenvalue weighted by Gasteiger charge is 2.10. The first-order valence-corrected chi connectivity index (χ1v) is 10.8. The maximum absolute atomic E-state index is 11.6. The number of aliphatic hydroxyl groups is 1. The van der Waals surface area contributed by atoms with Gasteiger partial charge in [0.1, 0.15) is 0 Å². The zero-order chi connectivity index (χ0) is 21.6. The molecular weight excluding hydrogens is 366 g/mol. The minimum atomic E-state index is -1.08. The molecule has 0 aromatic carbocycles. The molecule has 29 heavy (non-hydrogen) atoms. The lowest BCUT2D eigenvalue weighted by atomic mass is 10.2. The highest BCUT2D eigenvalue weighted by atomic mass is 16.4. The number of allylic oxidation sites excluding steroid dienone is 8. The average molecular weight is 406 g/mol. The number of carboxylic acids is 1. The molecule has 5 heteroatoms. The standard InChI is InChI=1S/C24H39NO4/c1-2-3-4-5-6-7-8-9-10-11-12-13-14-15-16-17-18-19-23(27)25-21-22(26)20-24(28)29/h6-7,9-10,12-13,15-16,22,26H,2-5,8,11,14,17-21H2,1H3,(H,25,27)(H,28,29)/b7-6+,10-9+,13-12+,16-15+. The van der Waals surface area contributed by atoms with Crippen molar-refractivity contribution in [1.82, 2.24) is 5.32 Å². The summed E-state index contributed by atoms with van der Waals surface area (Å²) in [5, 5.41) is 20.4. The summed E-state index contributed by atoms with van der Waals surface area (Å²) in [5.41, 5.74) is 0. The summed E-state index contributed by atoms with van der Waals surface area (Å²) in [6.45, 7) is 2.20. The van der Waals surface area contributed by atoms with E-state index in [4.69, 9.17) is 5.11 Å². The lowest BCUT2D eigenvalue weighted by Gasteiger charge is -2.09. The molecule has 1 unspecified atom stereocenters. The van der Waals surface area contributed by atoms with Crippen molar-refractivity contribution in [3.8, 4) is 0 Å². The monoisotopic (exact) mass is 405 g/mol. The Morgan fingerprint density at radius 3 is 1.86 bits per heavy atom. The summed E-state index contributed by atoms with van der Waals surface area (Å²) in [4.78, 5) is 22.0. The Labute approximate surface area is 176 Å². The van der Waals surface area contributed by atoms with Gasteiger partial charge < -0.3 is 15.5 Å². The van der Waals surface area contributed by atoms with Crippen LogP contribution in [0.4, 0.5) is 0 Å². The van der Waals surface area contributed by atoms with E-state index in [9.17, 15) is 14.7 Å². The van der Waals surface area contributed by atoms with Crippen LogP contribution in [0.2, 0.25) is 0 Å². The first-order chi connectivity index (χ1) is 14.1. The van der Waals surface area contributed by atoms with Gasteiger partial charge in [0.25, 0.3) is 0 Å². The number of amides is 1. The van der Waals surface area contributed by atoms with E-state index in [1.165, 1.54) is 25.7 Å². The molecule has 0 aromatic rings. The molecular formula is C24H39NO4. The maximum atomic E-state index is 11.6. The largest absolute Gasteiger partial charge is 0.481 e. The summed E-state index contributed by atoms with van der Waals surface area (Å²) < 4.78 is 0. The highest BCUT2D eigenvalue weighted by Crippen LogP contribution is 2.01. The lowest BCUT2D eigenvalue weighted by molar-refractivity contribution is -0.139. The van der Waals surface area contributed by atoms with E-state index in [-0.39, 0.29) is 18.9 Å². The molecule has 1 amide bonds. The molecule has 3 N–H and O–H groups in total. The second-order valence-electron chi connectivity index (χ2n) is 7.04. The number of rotatable bonds is 18. The number of hydrogen-bond donors (Lipinski definition) is 3. The van der Waals surface area contributed by atoms with Gasteiger partial charge in [-0.3, -0.25) is 9.59 Å². The summed E-state index contributed by atoms with van der Waals surface area (Å²) in [6, 6.07) is 0. The lowest BCUT2D eigenvalue weighted by Crippen LogP contribution is -2.33. The van der Waals surface area contributed by atoms with Gasteiger partial charge in [0, 0.05) is 13.0 Å². The second-order valence-corrected chi connectivity index (χ2v) is 7.04. The molecule has 0 aliphatic heterocycles. The number of carbonyl (C=O) groups excluding carboxylic acids is 1. The molecule has 0 aliphatic rings. The van der Waals surface area contributed by atoms with Gasteiger partial charge in [-0.05, 0) is 44.9 Å². The smallest absolute Gasteiger partial charge is 0.306 e. The Hall–Kier alpha value is -2.14. The van der Waals surface area contributed by atoms with Crippen LogP contribution in [-0.4, -0.2) is 34.7 Å². The van der Waals surface area contributed by atoms with E-state index in [0.29, 0.717) is 6.42 Å². The van der Waals surface area contributed by atoms with Crippen LogP contribution in [0.25, 0.3) is 0 Å². The quantitative estimate of drug-likeness (QED) is 0.219. The van der Waals surface area contributed by atoms with Crippen LogP contribution in [0.3, 0.4) is 0 Å². The number of aliphatic hydroxyl groups excluding tert-OH is 1. The van der Waals surface area contributed by atoms with Gasteiger partial charge in [-0.15, -0.1) is 0 Å². The predicted octanol–water partition coefficient (Wildman–Crippen LogP) is 5.08. The van der Waals surface area contributed by atoms with Gasteiger partial charge >= 0.3 is 5.97 Å². The van der Waals surface area contributed by atoms with Crippen LogP contribution < -0.4 is 5.32 Å². The molecule has 0 radical (unpaired) electrons. The third-order valence-corrected chi connectivity index (χ3v) is 4.18. The van der Waals surface area contributed by atoms with Crippen LogP contribution >= 0.6 is 0 Å². The Morgan fingerprint density at radius 2 is 1.34 bits per heavy atom. The van der Waals surface area contributed by atoms with Crippen molar-refractivity contribution < 1.29 is 19.8 Å². The zero-order valence-electron chi connectivity index (χ0n) is 17.9.